The number of carbonyl (C=O) groups is 2. The lowest BCUT2D eigenvalue weighted by Crippen LogP contribution is -2.44. The molecule has 1 aromatic carbocycles. The molecule has 22 heavy (non-hydrogen) atoms. The van der Waals surface area contributed by atoms with E-state index in [0.717, 1.165) is 36.0 Å². The first-order chi connectivity index (χ1) is 10.4. The summed E-state index contributed by atoms with van der Waals surface area (Å²) in [6, 6.07) is 5.97. The fourth-order valence-corrected chi connectivity index (χ4v) is 3.31. The lowest BCUT2D eigenvalue weighted by atomic mass is 9.74. The minimum atomic E-state index is -0.778. The molecule has 0 radical (unpaired) electrons. The van der Waals surface area contributed by atoms with Crippen molar-refractivity contribution >= 4 is 11.9 Å². The van der Waals surface area contributed by atoms with E-state index >= 15 is 0 Å². The normalized spacial score (nSPS) is 17.0. The van der Waals surface area contributed by atoms with Crippen molar-refractivity contribution in [1.82, 2.24) is 5.32 Å². The molecule has 0 unspecified atom stereocenters. The van der Waals surface area contributed by atoms with Crippen LogP contribution < -0.4 is 5.32 Å². The van der Waals surface area contributed by atoms with Gasteiger partial charge in [0.2, 0.25) is 5.91 Å². The molecule has 4 heteroatoms. The molecule has 0 heterocycles. The van der Waals surface area contributed by atoms with Crippen molar-refractivity contribution < 1.29 is 14.7 Å². The second-order valence-corrected chi connectivity index (χ2v) is 6.47. The maximum atomic E-state index is 12.2. The maximum Gasteiger partial charge on any atom is 0.311 e. The molecular formula is C18H25NO3. The topological polar surface area (TPSA) is 66.4 Å². The highest BCUT2D eigenvalue weighted by molar-refractivity contribution is 5.81. The van der Waals surface area contributed by atoms with Crippen LogP contribution in [0.2, 0.25) is 0 Å². The van der Waals surface area contributed by atoms with Gasteiger partial charge in [0.25, 0.3) is 0 Å². The van der Waals surface area contributed by atoms with Gasteiger partial charge >= 0.3 is 5.97 Å². The molecule has 0 spiro atoms. The van der Waals surface area contributed by atoms with E-state index in [1.807, 2.05) is 32.0 Å². The SMILES string of the molecule is Cc1cccc(C)c1CC(=O)NCC1(C(=O)O)CCCCC1. The van der Waals surface area contributed by atoms with Crippen molar-refractivity contribution in [2.45, 2.75) is 52.4 Å². The summed E-state index contributed by atoms with van der Waals surface area (Å²) in [5.41, 5.74) is 2.46. The Labute approximate surface area is 131 Å². The van der Waals surface area contributed by atoms with Crippen LogP contribution in [-0.2, 0) is 16.0 Å². The molecule has 2 N–H and O–H groups in total. The third kappa shape index (κ3) is 3.67. The van der Waals surface area contributed by atoms with E-state index in [1.54, 1.807) is 0 Å². The molecule has 1 aromatic rings. The fraction of sp³-hybridized carbons (Fsp3) is 0.556. The number of carboxylic acid groups (broad SMARTS) is 1. The summed E-state index contributed by atoms with van der Waals surface area (Å²) in [6.45, 7) is 4.23. The van der Waals surface area contributed by atoms with Gasteiger partial charge in [0.05, 0.1) is 11.8 Å². The first-order valence-corrected chi connectivity index (χ1v) is 8.00. The number of carbonyl (C=O) groups excluding carboxylic acids is 1. The quantitative estimate of drug-likeness (QED) is 0.878. The molecule has 0 saturated heterocycles. The Morgan fingerprint density at radius 2 is 1.73 bits per heavy atom. The van der Waals surface area contributed by atoms with Gasteiger partial charge in [-0.25, -0.2) is 0 Å². The molecule has 120 valence electrons. The van der Waals surface area contributed by atoms with Gasteiger partial charge in [-0.05, 0) is 43.4 Å². The summed E-state index contributed by atoms with van der Waals surface area (Å²) in [7, 11) is 0. The first kappa shape index (κ1) is 16.5. The highest BCUT2D eigenvalue weighted by Gasteiger charge is 2.39. The maximum absolute atomic E-state index is 12.2. The van der Waals surface area contributed by atoms with Gasteiger partial charge in [-0.15, -0.1) is 0 Å². The summed E-state index contributed by atoms with van der Waals surface area (Å²) in [6.07, 6.45) is 4.58. The number of amides is 1. The summed E-state index contributed by atoms with van der Waals surface area (Å²) >= 11 is 0. The van der Waals surface area contributed by atoms with Crippen LogP contribution in [0.5, 0.6) is 0 Å². The van der Waals surface area contributed by atoms with Crippen molar-refractivity contribution in [2.75, 3.05) is 6.54 Å². The van der Waals surface area contributed by atoms with E-state index in [1.165, 1.54) is 0 Å². The van der Waals surface area contributed by atoms with E-state index < -0.39 is 11.4 Å². The Morgan fingerprint density at radius 3 is 2.27 bits per heavy atom. The predicted molar refractivity (Wildman–Crippen MR) is 85.8 cm³/mol. The Kier molecular flexibility index (Phi) is 5.22. The van der Waals surface area contributed by atoms with Gasteiger partial charge in [0, 0.05) is 6.54 Å². The molecule has 0 bridgehead atoms. The molecule has 1 aliphatic rings. The summed E-state index contributed by atoms with van der Waals surface area (Å²) in [5, 5.41) is 12.4. The average molecular weight is 303 g/mol. The third-order valence-electron chi connectivity index (χ3n) is 4.87. The van der Waals surface area contributed by atoms with E-state index in [0.29, 0.717) is 19.3 Å². The zero-order chi connectivity index (χ0) is 16.2. The van der Waals surface area contributed by atoms with Gasteiger partial charge in [0.1, 0.15) is 0 Å². The minimum absolute atomic E-state index is 0.0939. The number of rotatable bonds is 5. The summed E-state index contributed by atoms with van der Waals surface area (Å²) in [4.78, 5) is 23.8. The van der Waals surface area contributed by atoms with Crippen LogP contribution in [0.1, 0.15) is 48.8 Å². The first-order valence-electron chi connectivity index (χ1n) is 8.00. The number of nitrogens with one attached hydrogen (secondary N) is 1. The largest absolute Gasteiger partial charge is 0.481 e. The number of benzene rings is 1. The van der Waals surface area contributed by atoms with Crippen LogP contribution >= 0.6 is 0 Å². The monoisotopic (exact) mass is 303 g/mol. The Bertz CT molecular complexity index is 539. The molecule has 2 rings (SSSR count). The van der Waals surface area contributed by atoms with E-state index in [9.17, 15) is 14.7 Å². The van der Waals surface area contributed by atoms with E-state index in [-0.39, 0.29) is 12.5 Å². The lowest BCUT2D eigenvalue weighted by molar-refractivity contribution is -0.151. The van der Waals surface area contributed by atoms with Gasteiger partial charge in [-0.2, -0.15) is 0 Å². The Morgan fingerprint density at radius 1 is 1.14 bits per heavy atom. The number of hydrogen-bond donors (Lipinski definition) is 2. The highest BCUT2D eigenvalue weighted by Crippen LogP contribution is 2.36. The van der Waals surface area contributed by atoms with Crippen molar-refractivity contribution in [2.24, 2.45) is 5.41 Å². The van der Waals surface area contributed by atoms with Gasteiger partial charge in [0.15, 0.2) is 0 Å². The number of carboxylic acids is 1. The molecule has 0 aromatic heterocycles. The summed E-state index contributed by atoms with van der Waals surface area (Å²) in [5.74, 6) is -0.872. The smallest absolute Gasteiger partial charge is 0.311 e. The molecule has 1 saturated carbocycles. The molecule has 4 nitrogen and oxygen atoms in total. The molecule has 1 aliphatic carbocycles. The predicted octanol–water partition coefficient (Wildman–Crippen LogP) is 3.00. The van der Waals surface area contributed by atoms with E-state index in [2.05, 4.69) is 5.32 Å². The van der Waals surface area contributed by atoms with Gasteiger partial charge in [-0.3, -0.25) is 9.59 Å². The van der Waals surface area contributed by atoms with Crippen LogP contribution in [0.3, 0.4) is 0 Å². The number of aryl methyl sites for hydroxylation is 2. The highest BCUT2D eigenvalue weighted by atomic mass is 16.4. The molecule has 0 aliphatic heterocycles. The standard InChI is InChI=1S/C18H25NO3/c1-13-7-6-8-14(2)15(13)11-16(20)19-12-18(17(21)22)9-4-3-5-10-18/h6-8H,3-5,9-12H2,1-2H3,(H,19,20)(H,21,22). The average Bonchev–Trinajstić information content (AvgIpc) is 2.50. The zero-order valence-corrected chi connectivity index (χ0v) is 13.4. The van der Waals surface area contributed by atoms with Gasteiger partial charge < -0.3 is 10.4 Å². The van der Waals surface area contributed by atoms with Crippen LogP contribution in [0.15, 0.2) is 18.2 Å². The minimum Gasteiger partial charge on any atom is -0.481 e. The molecule has 0 atom stereocenters. The second-order valence-electron chi connectivity index (χ2n) is 6.47. The lowest BCUT2D eigenvalue weighted by Gasteiger charge is -2.33. The number of hydrogen-bond acceptors (Lipinski definition) is 2. The van der Waals surface area contributed by atoms with Crippen LogP contribution in [0.4, 0.5) is 0 Å². The van der Waals surface area contributed by atoms with Crippen molar-refractivity contribution in [3.8, 4) is 0 Å². The van der Waals surface area contributed by atoms with Gasteiger partial charge in [-0.1, -0.05) is 37.5 Å². The third-order valence-corrected chi connectivity index (χ3v) is 4.87. The van der Waals surface area contributed by atoms with Crippen molar-refractivity contribution in [1.29, 1.82) is 0 Å². The zero-order valence-electron chi connectivity index (χ0n) is 13.4. The fourth-order valence-electron chi connectivity index (χ4n) is 3.31. The van der Waals surface area contributed by atoms with Crippen molar-refractivity contribution in [3.05, 3.63) is 34.9 Å². The Balaban J connectivity index is 1.98. The van der Waals surface area contributed by atoms with E-state index in [4.69, 9.17) is 0 Å². The second kappa shape index (κ2) is 6.95. The van der Waals surface area contributed by atoms with Crippen LogP contribution in [-0.4, -0.2) is 23.5 Å². The summed E-state index contributed by atoms with van der Waals surface area (Å²) < 4.78 is 0. The van der Waals surface area contributed by atoms with Crippen molar-refractivity contribution in [3.63, 3.8) is 0 Å². The Hall–Kier alpha value is -1.84. The molecule has 1 amide bonds. The molecular weight excluding hydrogens is 278 g/mol. The number of aliphatic carboxylic acids is 1. The van der Waals surface area contributed by atoms with Crippen LogP contribution in [0.25, 0.3) is 0 Å². The van der Waals surface area contributed by atoms with Crippen LogP contribution in [0, 0.1) is 19.3 Å². The molecule has 1 fully saturated rings.